The van der Waals surface area contributed by atoms with Crippen LogP contribution in [0.5, 0.6) is 0 Å². The Morgan fingerprint density at radius 2 is 2.50 bits per heavy atom. The molecule has 1 saturated heterocycles. The lowest BCUT2D eigenvalue weighted by Crippen LogP contribution is -2.18. The van der Waals surface area contributed by atoms with E-state index in [1.165, 1.54) is 0 Å². The molecule has 0 unspecified atom stereocenters. The number of hydrogen-bond acceptors (Lipinski definition) is 2. The molecule has 0 spiro atoms. The maximum atomic E-state index is 5.37. The maximum absolute atomic E-state index is 5.37. The Morgan fingerprint density at radius 3 is 2.75 bits per heavy atom. The Kier molecular flexibility index (Phi) is 1.86. The van der Waals surface area contributed by atoms with Gasteiger partial charge < -0.3 is 10.5 Å². The summed E-state index contributed by atoms with van der Waals surface area (Å²) < 4.78 is 5.29. The molecular formula is C6H13NO. The molecule has 1 rings (SSSR count). The van der Waals surface area contributed by atoms with Crippen molar-refractivity contribution < 1.29 is 4.74 Å². The molecule has 0 aliphatic carbocycles. The molecule has 2 nitrogen and oxygen atoms in total. The van der Waals surface area contributed by atoms with E-state index in [1.807, 2.05) is 0 Å². The fourth-order valence-corrected chi connectivity index (χ4v) is 1.05. The smallest absolute Gasteiger partial charge is 0.0700 e. The lowest BCUT2D eigenvalue weighted by atomic mass is 10.1. The Balaban J connectivity index is 2.22. The highest BCUT2D eigenvalue weighted by Crippen LogP contribution is 2.16. The molecule has 0 saturated carbocycles. The van der Waals surface area contributed by atoms with Crippen molar-refractivity contribution in [2.45, 2.75) is 19.4 Å². The molecule has 8 heavy (non-hydrogen) atoms. The molecule has 0 aromatic carbocycles. The van der Waals surface area contributed by atoms with E-state index in [-0.39, 0.29) is 0 Å². The van der Waals surface area contributed by atoms with E-state index in [1.54, 1.807) is 0 Å². The minimum atomic E-state index is 0.352. The SMILES string of the molecule is C[C@H]1CO[C@@H](CN)C1. The second-order valence-corrected chi connectivity index (χ2v) is 2.53. The van der Waals surface area contributed by atoms with Gasteiger partial charge in [-0.05, 0) is 12.3 Å². The first kappa shape index (κ1) is 6.05. The van der Waals surface area contributed by atoms with Crippen LogP contribution in [0.2, 0.25) is 0 Å². The van der Waals surface area contributed by atoms with Crippen molar-refractivity contribution in [3.63, 3.8) is 0 Å². The molecule has 0 radical (unpaired) electrons. The van der Waals surface area contributed by atoms with E-state index < -0.39 is 0 Å². The zero-order chi connectivity index (χ0) is 5.98. The first-order valence-electron chi connectivity index (χ1n) is 3.14. The van der Waals surface area contributed by atoms with Gasteiger partial charge in [-0.3, -0.25) is 0 Å². The van der Waals surface area contributed by atoms with Crippen LogP contribution in [-0.2, 0) is 4.74 Å². The summed E-state index contributed by atoms with van der Waals surface area (Å²) in [6, 6.07) is 0. The standard InChI is InChI=1S/C6H13NO/c1-5-2-6(3-7)8-4-5/h5-6H,2-4,7H2,1H3/t5-,6-/m1/s1. The van der Waals surface area contributed by atoms with Gasteiger partial charge in [0.1, 0.15) is 0 Å². The van der Waals surface area contributed by atoms with E-state index in [9.17, 15) is 0 Å². The fraction of sp³-hybridized carbons (Fsp3) is 1.00. The largest absolute Gasteiger partial charge is 0.377 e. The summed E-state index contributed by atoms with van der Waals surface area (Å²) in [4.78, 5) is 0. The number of nitrogens with two attached hydrogens (primary N) is 1. The van der Waals surface area contributed by atoms with Gasteiger partial charge in [-0.25, -0.2) is 0 Å². The molecule has 0 bridgehead atoms. The minimum absolute atomic E-state index is 0.352. The first-order chi connectivity index (χ1) is 3.83. The minimum Gasteiger partial charge on any atom is -0.377 e. The first-order valence-corrected chi connectivity index (χ1v) is 3.14. The summed E-state index contributed by atoms with van der Waals surface area (Å²) in [5.74, 6) is 0.726. The van der Waals surface area contributed by atoms with Crippen LogP contribution in [0.4, 0.5) is 0 Å². The van der Waals surface area contributed by atoms with Gasteiger partial charge in [-0.1, -0.05) is 6.92 Å². The van der Waals surface area contributed by atoms with Gasteiger partial charge >= 0.3 is 0 Å². The molecule has 0 aromatic heterocycles. The lowest BCUT2D eigenvalue weighted by molar-refractivity contribution is 0.113. The topological polar surface area (TPSA) is 35.2 Å². The molecule has 1 aliphatic heterocycles. The summed E-state index contributed by atoms with van der Waals surface area (Å²) in [5, 5.41) is 0. The molecule has 0 aromatic rings. The summed E-state index contributed by atoms with van der Waals surface area (Å²) in [7, 11) is 0. The maximum Gasteiger partial charge on any atom is 0.0700 e. The van der Waals surface area contributed by atoms with Crippen LogP contribution in [0.3, 0.4) is 0 Å². The van der Waals surface area contributed by atoms with Crippen molar-refractivity contribution in [1.29, 1.82) is 0 Å². The molecule has 2 N–H and O–H groups in total. The third-order valence-corrected chi connectivity index (χ3v) is 1.54. The molecule has 0 amide bonds. The van der Waals surface area contributed by atoms with Crippen LogP contribution in [0, 0.1) is 5.92 Å². The Bertz CT molecular complexity index is 74.9. The number of hydrogen-bond donors (Lipinski definition) is 1. The average Bonchev–Trinajstić information content (AvgIpc) is 2.14. The van der Waals surface area contributed by atoms with Crippen molar-refractivity contribution in [2.24, 2.45) is 11.7 Å². The van der Waals surface area contributed by atoms with Gasteiger partial charge in [-0.2, -0.15) is 0 Å². The number of ether oxygens (including phenoxy) is 1. The van der Waals surface area contributed by atoms with Crippen molar-refractivity contribution in [3.05, 3.63) is 0 Å². The summed E-state index contributed by atoms with van der Waals surface area (Å²) in [6.45, 7) is 3.78. The van der Waals surface area contributed by atoms with E-state index in [0.717, 1.165) is 18.9 Å². The van der Waals surface area contributed by atoms with Crippen molar-refractivity contribution in [1.82, 2.24) is 0 Å². The summed E-state index contributed by atoms with van der Waals surface area (Å²) in [5.41, 5.74) is 5.37. The summed E-state index contributed by atoms with van der Waals surface area (Å²) in [6.07, 6.45) is 1.50. The second-order valence-electron chi connectivity index (χ2n) is 2.53. The van der Waals surface area contributed by atoms with Crippen LogP contribution in [0.1, 0.15) is 13.3 Å². The normalized spacial score (nSPS) is 38.2. The van der Waals surface area contributed by atoms with Crippen LogP contribution in [0.25, 0.3) is 0 Å². The monoisotopic (exact) mass is 115 g/mol. The van der Waals surface area contributed by atoms with Gasteiger partial charge in [0.2, 0.25) is 0 Å². The average molecular weight is 115 g/mol. The molecule has 1 heterocycles. The van der Waals surface area contributed by atoms with Gasteiger partial charge in [0.25, 0.3) is 0 Å². The second kappa shape index (κ2) is 2.46. The lowest BCUT2D eigenvalue weighted by Gasteiger charge is -2.01. The highest BCUT2D eigenvalue weighted by atomic mass is 16.5. The van der Waals surface area contributed by atoms with Crippen LogP contribution < -0.4 is 5.73 Å². The highest BCUT2D eigenvalue weighted by molar-refractivity contribution is 4.70. The Morgan fingerprint density at radius 1 is 1.75 bits per heavy atom. The van der Waals surface area contributed by atoms with Crippen LogP contribution in [0.15, 0.2) is 0 Å². The van der Waals surface area contributed by atoms with Crippen LogP contribution in [-0.4, -0.2) is 19.3 Å². The van der Waals surface area contributed by atoms with Crippen molar-refractivity contribution in [3.8, 4) is 0 Å². The predicted molar refractivity (Wildman–Crippen MR) is 32.6 cm³/mol. The highest BCUT2D eigenvalue weighted by Gasteiger charge is 2.19. The van der Waals surface area contributed by atoms with Gasteiger partial charge in [-0.15, -0.1) is 0 Å². The Labute approximate surface area is 50.0 Å². The van der Waals surface area contributed by atoms with E-state index in [0.29, 0.717) is 12.6 Å². The zero-order valence-electron chi connectivity index (χ0n) is 5.26. The molecule has 1 fully saturated rings. The number of rotatable bonds is 1. The Hall–Kier alpha value is -0.0800. The quantitative estimate of drug-likeness (QED) is 0.536. The van der Waals surface area contributed by atoms with Crippen molar-refractivity contribution >= 4 is 0 Å². The van der Waals surface area contributed by atoms with E-state index in [4.69, 9.17) is 10.5 Å². The molecule has 48 valence electrons. The van der Waals surface area contributed by atoms with Gasteiger partial charge in [0.15, 0.2) is 0 Å². The molecule has 2 atom stereocenters. The molecule has 1 aliphatic rings. The zero-order valence-corrected chi connectivity index (χ0v) is 5.26. The molecule has 2 heteroatoms. The van der Waals surface area contributed by atoms with Crippen LogP contribution >= 0.6 is 0 Å². The summed E-state index contributed by atoms with van der Waals surface area (Å²) >= 11 is 0. The van der Waals surface area contributed by atoms with E-state index in [2.05, 4.69) is 6.92 Å². The van der Waals surface area contributed by atoms with E-state index >= 15 is 0 Å². The third kappa shape index (κ3) is 1.20. The third-order valence-electron chi connectivity index (χ3n) is 1.54. The predicted octanol–water partition coefficient (Wildman–Crippen LogP) is 0.370. The molecular weight excluding hydrogens is 102 g/mol. The van der Waals surface area contributed by atoms with Gasteiger partial charge in [0, 0.05) is 13.2 Å². The van der Waals surface area contributed by atoms with Gasteiger partial charge in [0.05, 0.1) is 6.10 Å². The van der Waals surface area contributed by atoms with Crippen molar-refractivity contribution in [2.75, 3.05) is 13.2 Å². The fourth-order valence-electron chi connectivity index (χ4n) is 1.05.